The number of rotatable bonds is 19. The zero-order valence-electron chi connectivity index (χ0n) is 45.2. The molecule has 3 atom stereocenters. The number of aromatic nitrogens is 3. The number of nitrogens with zero attached hydrogens (tertiary/aromatic N) is 5. The number of unbranched alkanes of at least 4 members (excludes halogenated alkanes) is 2. The lowest BCUT2D eigenvalue weighted by molar-refractivity contribution is -0.144. The summed E-state index contributed by atoms with van der Waals surface area (Å²) in [4.78, 5) is 79.5. The summed E-state index contributed by atoms with van der Waals surface area (Å²) in [5.74, 6) is -2.37. The average Bonchev–Trinajstić information content (AvgIpc) is 4.19. The van der Waals surface area contributed by atoms with Crippen LogP contribution in [0.4, 0.5) is 26.0 Å². The lowest BCUT2D eigenvalue weighted by atomic mass is 9.85. The van der Waals surface area contributed by atoms with Crippen molar-refractivity contribution in [2.75, 3.05) is 61.5 Å². The summed E-state index contributed by atoms with van der Waals surface area (Å²) in [6.45, 7) is 11.2. The number of ether oxygens (including phenoxy) is 1. The number of H-pyrrole nitrogens is 1. The second-order valence-electron chi connectivity index (χ2n) is 22.0. The number of benzene rings is 4. The van der Waals surface area contributed by atoms with Crippen LogP contribution < -0.4 is 26.2 Å². The van der Waals surface area contributed by atoms with Crippen molar-refractivity contribution in [2.45, 2.75) is 116 Å². The number of aliphatic hydroxyl groups is 1. The minimum absolute atomic E-state index is 0.0156. The van der Waals surface area contributed by atoms with Gasteiger partial charge in [0.1, 0.15) is 23.7 Å². The Bertz CT molecular complexity index is 3130. The van der Waals surface area contributed by atoms with Crippen molar-refractivity contribution >= 4 is 69.0 Å². The van der Waals surface area contributed by atoms with Gasteiger partial charge in [0, 0.05) is 101 Å². The lowest BCUT2D eigenvalue weighted by Gasteiger charge is -2.36. The van der Waals surface area contributed by atoms with Crippen LogP contribution in [0.15, 0.2) is 84.4 Å². The number of anilines is 3. The number of thiazole rings is 1. The standard InChI is InChI=1S/C59H70F2N10O7S/c1-36-53(79-35-63-36)40-13-10-37(11-14-40)33-62-57(76)50-32-45(72)34-71(50)58(77)54(59(2,3)4)65-51(73)8-6-5-7-9-52(74)70-22-20-69(21-23-70)44-15-16-46(49(31-44)64-43-18-24-78-25-19-43)56(75)66-55-47-29-38(12-17-48(47)67-68-55)26-39-27-41(60)30-42(61)28-39/h10-17,27-31,35,43,45,50,54,64,72H,5-9,18-26,32-34H2,1-4H3,(H,62,76)(H,65,73)(H2,66,67,68,75)/t45?,50-,54+/m0/s1. The number of fused-ring (bicyclic) bond motifs is 1. The summed E-state index contributed by atoms with van der Waals surface area (Å²) in [7, 11) is 0. The fraction of sp³-hybridized carbons (Fsp3) is 0.441. The van der Waals surface area contributed by atoms with Gasteiger partial charge in [0.25, 0.3) is 5.91 Å². The molecule has 0 spiro atoms. The van der Waals surface area contributed by atoms with E-state index < -0.39 is 41.1 Å². The molecule has 5 amide bonds. The normalized spacial score (nSPS) is 17.4. The van der Waals surface area contributed by atoms with Crippen molar-refractivity contribution in [1.82, 2.24) is 35.6 Å². The van der Waals surface area contributed by atoms with Crippen LogP contribution >= 0.6 is 11.3 Å². The van der Waals surface area contributed by atoms with E-state index in [0.717, 1.165) is 51.9 Å². The van der Waals surface area contributed by atoms with Gasteiger partial charge in [-0.1, -0.05) is 57.5 Å². The molecule has 17 nitrogen and oxygen atoms in total. The van der Waals surface area contributed by atoms with Crippen molar-refractivity contribution in [2.24, 2.45) is 5.41 Å². The minimum atomic E-state index is -0.934. The Labute approximate surface area is 462 Å². The first-order valence-corrected chi connectivity index (χ1v) is 28.1. The Hall–Kier alpha value is -7.29. The summed E-state index contributed by atoms with van der Waals surface area (Å²) < 4.78 is 33.5. The molecule has 6 N–H and O–H groups in total. The quantitative estimate of drug-likeness (QED) is 0.0426. The number of aromatic amines is 1. The number of amides is 5. The molecule has 9 rings (SSSR count). The van der Waals surface area contributed by atoms with E-state index in [9.17, 15) is 37.9 Å². The maximum absolute atomic E-state index is 14.1. The van der Waals surface area contributed by atoms with Gasteiger partial charge < -0.3 is 45.8 Å². The van der Waals surface area contributed by atoms with Crippen LogP contribution in [0.25, 0.3) is 21.3 Å². The summed E-state index contributed by atoms with van der Waals surface area (Å²) in [5, 5.41) is 31.1. The first-order valence-electron chi connectivity index (χ1n) is 27.2. The summed E-state index contributed by atoms with van der Waals surface area (Å²) in [6, 6.07) is 20.8. The van der Waals surface area contributed by atoms with Crippen molar-refractivity contribution in [3.63, 3.8) is 0 Å². The third-order valence-corrected chi connectivity index (χ3v) is 16.0. The van der Waals surface area contributed by atoms with E-state index in [0.29, 0.717) is 98.6 Å². The van der Waals surface area contributed by atoms with E-state index in [4.69, 9.17) is 4.74 Å². The van der Waals surface area contributed by atoms with Crippen LogP contribution in [0.1, 0.15) is 105 Å². The number of likely N-dealkylation sites (tertiary alicyclic amines) is 1. The predicted octanol–water partition coefficient (Wildman–Crippen LogP) is 8.12. The zero-order valence-corrected chi connectivity index (χ0v) is 46.0. The van der Waals surface area contributed by atoms with Crippen LogP contribution in [-0.2, 0) is 36.9 Å². The Balaban J connectivity index is 0.734. The first kappa shape index (κ1) is 56.4. The number of halogens is 2. The molecular weight excluding hydrogens is 1030 g/mol. The molecule has 79 heavy (non-hydrogen) atoms. The van der Waals surface area contributed by atoms with E-state index >= 15 is 0 Å². The minimum Gasteiger partial charge on any atom is -0.391 e. The fourth-order valence-corrected chi connectivity index (χ4v) is 11.4. The number of aliphatic hydroxyl groups excluding tert-OH is 1. The maximum Gasteiger partial charge on any atom is 0.258 e. The monoisotopic (exact) mass is 1100 g/mol. The van der Waals surface area contributed by atoms with Gasteiger partial charge in [-0.15, -0.1) is 11.3 Å². The van der Waals surface area contributed by atoms with Crippen molar-refractivity contribution in [1.29, 1.82) is 0 Å². The maximum atomic E-state index is 14.1. The topological polar surface area (TPSA) is 214 Å². The van der Waals surface area contributed by atoms with E-state index in [2.05, 4.69) is 41.3 Å². The molecule has 3 saturated heterocycles. The summed E-state index contributed by atoms with van der Waals surface area (Å²) >= 11 is 1.57. The molecule has 5 heterocycles. The molecule has 0 aliphatic carbocycles. The molecule has 3 fully saturated rings. The highest BCUT2D eigenvalue weighted by Crippen LogP contribution is 2.32. The highest BCUT2D eigenvalue weighted by atomic mass is 32.1. The highest BCUT2D eigenvalue weighted by Gasteiger charge is 2.44. The first-order chi connectivity index (χ1) is 37.9. The van der Waals surface area contributed by atoms with Crippen LogP contribution in [0.3, 0.4) is 0 Å². The lowest BCUT2D eigenvalue weighted by Crippen LogP contribution is -2.57. The van der Waals surface area contributed by atoms with E-state index in [-0.39, 0.29) is 62.0 Å². The van der Waals surface area contributed by atoms with E-state index in [1.165, 1.54) is 17.0 Å². The van der Waals surface area contributed by atoms with Gasteiger partial charge in [-0.3, -0.25) is 29.1 Å². The van der Waals surface area contributed by atoms with Crippen molar-refractivity contribution < 1.29 is 42.6 Å². The Morgan fingerprint density at radius 1 is 0.861 bits per heavy atom. The third-order valence-electron chi connectivity index (χ3n) is 15.0. The molecule has 0 saturated carbocycles. The van der Waals surface area contributed by atoms with Gasteiger partial charge in [-0.05, 0) is 109 Å². The Morgan fingerprint density at radius 2 is 1.58 bits per heavy atom. The smallest absolute Gasteiger partial charge is 0.258 e. The molecule has 1 unspecified atom stereocenters. The van der Waals surface area contributed by atoms with Gasteiger partial charge in [0.15, 0.2) is 5.82 Å². The Kier molecular flexibility index (Phi) is 18.0. The molecule has 3 aliphatic rings. The van der Waals surface area contributed by atoms with Gasteiger partial charge in [0.2, 0.25) is 23.6 Å². The molecule has 2 aromatic heterocycles. The summed E-state index contributed by atoms with van der Waals surface area (Å²) in [5.41, 5.74) is 7.99. The van der Waals surface area contributed by atoms with Crippen molar-refractivity contribution in [3.8, 4) is 10.4 Å². The predicted molar refractivity (Wildman–Crippen MR) is 301 cm³/mol. The molecule has 0 bridgehead atoms. The number of hydrogen-bond acceptors (Lipinski definition) is 12. The molecular formula is C59H70F2N10O7S. The number of carbonyl (C=O) groups excluding carboxylic acids is 5. The molecule has 20 heteroatoms. The van der Waals surface area contributed by atoms with Gasteiger partial charge >= 0.3 is 0 Å². The van der Waals surface area contributed by atoms with E-state index in [1.54, 1.807) is 17.4 Å². The fourth-order valence-electron chi connectivity index (χ4n) is 10.6. The summed E-state index contributed by atoms with van der Waals surface area (Å²) in [6.07, 6.45) is 3.32. The molecule has 6 aromatic rings. The van der Waals surface area contributed by atoms with Crippen molar-refractivity contribution in [3.05, 3.63) is 124 Å². The van der Waals surface area contributed by atoms with Gasteiger partial charge in [-0.25, -0.2) is 13.8 Å². The molecule has 3 aliphatic heterocycles. The van der Waals surface area contributed by atoms with Crippen LogP contribution in [0, 0.1) is 24.0 Å². The molecule has 0 radical (unpaired) electrons. The van der Waals surface area contributed by atoms with Crippen LogP contribution in [0.2, 0.25) is 0 Å². The molecule has 4 aromatic carbocycles. The average molecular weight is 1100 g/mol. The molecule has 418 valence electrons. The van der Waals surface area contributed by atoms with E-state index in [1.807, 2.05) is 92.7 Å². The number of piperazine rings is 1. The second kappa shape index (κ2) is 25.2. The number of nitrogens with one attached hydrogen (secondary N) is 5. The zero-order chi connectivity index (χ0) is 55.8. The number of carbonyl (C=O) groups is 5. The Morgan fingerprint density at radius 3 is 2.29 bits per heavy atom. The highest BCUT2D eigenvalue weighted by molar-refractivity contribution is 7.13. The van der Waals surface area contributed by atoms with Crippen LogP contribution in [-0.4, -0.2) is 130 Å². The number of β-amino-alcohol motifs (C(OH)–C–C–N with tert-alkyl or cyclic N) is 1. The third kappa shape index (κ3) is 14.3. The second-order valence-corrected chi connectivity index (χ2v) is 22.8. The van der Waals surface area contributed by atoms with Crippen LogP contribution in [0.5, 0.6) is 0 Å². The largest absolute Gasteiger partial charge is 0.391 e. The number of hydrogen-bond donors (Lipinski definition) is 6. The number of aryl methyl sites for hydroxylation is 1. The van der Waals surface area contributed by atoms with Gasteiger partial charge in [0.05, 0.1) is 33.3 Å². The van der Waals surface area contributed by atoms with Gasteiger partial charge in [-0.2, -0.15) is 5.10 Å². The SMILES string of the molecule is Cc1ncsc1-c1ccc(CNC(=O)[C@@H]2CC(O)CN2C(=O)[C@@H](NC(=O)CCCCCC(=O)N2CCN(c3ccc(C(=O)Nc4n[nH]c5ccc(Cc6cc(F)cc(F)c6)cc45)c(NC4CCOCC4)c3)CC2)C(C)(C)C)cc1.